The fraction of sp³-hybridized carbons (Fsp3) is 0.615. The van der Waals surface area contributed by atoms with Crippen LogP contribution in [0, 0.1) is 0 Å². The third-order valence-corrected chi connectivity index (χ3v) is 3.21. The van der Waals surface area contributed by atoms with E-state index >= 15 is 0 Å². The highest BCUT2D eigenvalue weighted by Gasteiger charge is 2.18. The number of nitrogens with one attached hydrogen (secondary N) is 2. The average molecular weight is 263 g/mol. The molecule has 2 rings (SSSR count). The number of nitrogens with zero attached hydrogens (tertiary/aromatic N) is 3. The Morgan fingerprint density at radius 1 is 1.37 bits per heavy atom. The Morgan fingerprint density at radius 3 is 2.79 bits per heavy atom. The quantitative estimate of drug-likeness (QED) is 0.706. The van der Waals surface area contributed by atoms with Gasteiger partial charge in [-0.2, -0.15) is 0 Å². The summed E-state index contributed by atoms with van der Waals surface area (Å²) in [6.07, 6.45) is 6.36. The van der Waals surface area contributed by atoms with Gasteiger partial charge in [0.1, 0.15) is 0 Å². The topological polar surface area (TPSA) is 70.2 Å². The van der Waals surface area contributed by atoms with E-state index < -0.39 is 0 Å². The zero-order chi connectivity index (χ0) is 13.5. The normalized spacial score (nSPS) is 15.0. The number of hydrogen-bond acceptors (Lipinski definition) is 5. The third-order valence-electron chi connectivity index (χ3n) is 3.21. The van der Waals surface area contributed by atoms with Gasteiger partial charge in [0.25, 0.3) is 0 Å². The number of amides is 1. The fourth-order valence-corrected chi connectivity index (χ4v) is 2.14. The van der Waals surface area contributed by atoms with Gasteiger partial charge in [0, 0.05) is 51.1 Å². The highest BCUT2D eigenvalue weighted by Crippen LogP contribution is 2.09. The number of anilines is 1. The lowest BCUT2D eigenvalue weighted by Gasteiger charge is -2.15. The molecule has 1 fully saturated rings. The lowest BCUT2D eigenvalue weighted by atomic mass is 10.3. The predicted molar refractivity (Wildman–Crippen MR) is 73.7 cm³/mol. The molecule has 0 spiro atoms. The Kier molecular flexibility index (Phi) is 5.09. The van der Waals surface area contributed by atoms with Crippen LogP contribution >= 0.6 is 0 Å². The lowest BCUT2D eigenvalue weighted by Crippen LogP contribution is -2.28. The van der Waals surface area contributed by atoms with E-state index in [1.165, 1.54) is 0 Å². The van der Waals surface area contributed by atoms with E-state index in [-0.39, 0.29) is 0 Å². The lowest BCUT2D eigenvalue weighted by molar-refractivity contribution is -0.127. The minimum atomic E-state index is 0.302. The minimum Gasteiger partial charge on any atom is -0.357 e. The van der Waals surface area contributed by atoms with Gasteiger partial charge in [-0.1, -0.05) is 0 Å². The highest BCUT2D eigenvalue weighted by atomic mass is 16.2. The molecule has 1 aliphatic rings. The van der Waals surface area contributed by atoms with Crippen LogP contribution in [0.5, 0.6) is 0 Å². The van der Waals surface area contributed by atoms with E-state index in [0.29, 0.717) is 11.9 Å². The molecule has 1 amide bonds. The van der Waals surface area contributed by atoms with Crippen LogP contribution in [-0.4, -0.2) is 47.5 Å². The monoisotopic (exact) mass is 263 g/mol. The smallest absolute Gasteiger partial charge is 0.222 e. The maximum Gasteiger partial charge on any atom is 0.222 e. The van der Waals surface area contributed by atoms with Gasteiger partial charge < -0.3 is 15.5 Å². The van der Waals surface area contributed by atoms with Crippen molar-refractivity contribution in [2.75, 3.05) is 32.0 Å². The second kappa shape index (κ2) is 7.04. The van der Waals surface area contributed by atoms with Crippen molar-refractivity contribution in [3.63, 3.8) is 0 Å². The predicted octanol–water partition coefficient (Wildman–Crippen LogP) is 0.620. The molecule has 6 nitrogen and oxygen atoms in total. The highest BCUT2D eigenvalue weighted by molar-refractivity contribution is 5.77. The van der Waals surface area contributed by atoms with Crippen molar-refractivity contribution < 1.29 is 4.79 Å². The first-order valence-electron chi connectivity index (χ1n) is 6.77. The van der Waals surface area contributed by atoms with E-state index in [1.54, 1.807) is 7.05 Å². The van der Waals surface area contributed by atoms with Crippen LogP contribution < -0.4 is 10.6 Å². The molecule has 0 radical (unpaired) electrons. The first kappa shape index (κ1) is 13.7. The summed E-state index contributed by atoms with van der Waals surface area (Å²) in [6, 6.07) is 0. The minimum absolute atomic E-state index is 0.302. The fourth-order valence-electron chi connectivity index (χ4n) is 2.14. The van der Waals surface area contributed by atoms with Gasteiger partial charge in [0.15, 0.2) is 0 Å². The first-order chi connectivity index (χ1) is 9.29. The average Bonchev–Trinajstić information content (AvgIpc) is 2.85. The maximum absolute atomic E-state index is 11.4. The van der Waals surface area contributed by atoms with Crippen LogP contribution in [0.15, 0.2) is 12.4 Å². The van der Waals surface area contributed by atoms with Crippen LogP contribution in [0.2, 0.25) is 0 Å². The molecule has 19 heavy (non-hydrogen) atoms. The summed E-state index contributed by atoms with van der Waals surface area (Å²) < 4.78 is 0. The molecular formula is C13H21N5O. The van der Waals surface area contributed by atoms with E-state index in [0.717, 1.165) is 51.0 Å². The molecule has 1 saturated heterocycles. The summed E-state index contributed by atoms with van der Waals surface area (Å²) in [5.74, 6) is 0.937. The number of hydrogen-bond donors (Lipinski definition) is 2. The second-order valence-corrected chi connectivity index (χ2v) is 4.68. The van der Waals surface area contributed by atoms with Crippen LogP contribution in [0.3, 0.4) is 0 Å². The summed E-state index contributed by atoms with van der Waals surface area (Å²) in [6.45, 7) is 3.45. The Hall–Kier alpha value is -1.69. The molecule has 1 aromatic heterocycles. The SMILES string of the molecule is CNc1ncc(CNCCCN2CCCC2=O)cn1. The second-order valence-electron chi connectivity index (χ2n) is 4.68. The largest absolute Gasteiger partial charge is 0.357 e. The third kappa shape index (κ3) is 4.17. The van der Waals surface area contributed by atoms with Gasteiger partial charge in [-0.15, -0.1) is 0 Å². The van der Waals surface area contributed by atoms with E-state index in [4.69, 9.17) is 0 Å². The van der Waals surface area contributed by atoms with E-state index in [2.05, 4.69) is 20.6 Å². The van der Waals surface area contributed by atoms with Crippen LogP contribution in [0.4, 0.5) is 5.95 Å². The van der Waals surface area contributed by atoms with Crippen LogP contribution in [-0.2, 0) is 11.3 Å². The Labute approximate surface area is 113 Å². The first-order valence-corrected chi connectivity index (χ1v) is 6.77. The Balaban J connectivity index is 1.59. The van der Waals surface area contributed by atoms with Crippen molar-refractivity contribution in [1.82, 2.24) is 20.2 Å². The molecule has 0 bridgehead atoms. The molecule has 0 unspecified atom stereocenters. The summed E-state index contributed by atoms with van der Waals surface area (Å²) >= 11 is 0. The number of aromatic nitrogens is 2. The van der Waals surface area contributed by atoms with Crippen LogP contribution in [0.25, 0.3) is 0 Å². The van der Waals surface area contributed by atoms with Gasteiger partial charge in [-0.25, -0.2) is 9.97 Å². The summed E-state index contributed by atoms with van der Waals surface area (Å²) in [5, 5.41) is 6.23. The Morgan fingerprint density at radius 2 is 2.16 bits per heavy atom. The van der Waals surface area contributed by atoms with Crippen molar-refractivity contribution >= 4 is 11.9 Å². The summed E-state index contributed by atoms with van der Waals surface area (Å²) in [4.78, 5) is 21.7. The standard InChI is InChI=1S/C13H21N5O/c1-14-13-16-9-11(10-17-13)8-15-5-3-7-18-6-2-4-12(18)19/h9-10,15H,2-8H2,1H3,(H,14,16,17). The molecule has 0 aliphatic carbocycles. The number of rotatable bonds is 7. The summed E-state index contributed by atoms with van der Waals surface area (Å²) in [7, 11) is 1.80. The molecule has 104 valence electrons. The molecule has 0 aromatic carbocycles. The van der Waals surface area contributed by atoms with Crippen LogP contribution in [0.1, 0.15) is 24.8 Å². The number of carbonyl (C=O) groups is 1. The van der Waals surface area contributed by atoms with Crippen molar-refractivity contribution in [3.8, 4) is 0 Å². The van der Waals surface area contributed by atoms with Crippen molar-refractivity contribution in [1.29, 1.82) is 0 Å². The van der Waals surface area contributed by atoms with Crippen molar-refractivity contribution in [2.45, 2.75) is 25.8 Å². The molecule has 0 atom stereocenters. The maximum atomic E-state index is 11.4. The molecule has 1 aromatic rings. The molecule has 2 N–H and O–H groups in total. The van der Waals surface area contributed by atoms with Gasteiger partial charge >= 0.3 is 0 Å². The molecular weight excluding hydrogens is 242 g/mol. The van der Waals surface area contributed by atoms with Crippen molar-refractivity contribution in [2.24, 2.45) is 0 Å². The zero-order valence-electron chi connectivity index (χ0n) is 11.4. The number of likely N-dealkylation sites (tertiary alicyclic amines) is 1. The zero-order valence-corrected chi connectivity index (χ0v) is 11.4. The van der Waals surface area contributed by atoms with E-state index in [1.807, 2.05) is 17.3 Å². The van der Waals surface area contributed by atoms with Crippen molar-refractivity contribution in [3.05, 3.63) is 18.0 Å². The molecule has 1 aliphatic heterocycles. The Bertz CT molecular complexity index is 406. The molecule has 2 heterocycles. The van der Waals surface area contributed by atoms with E-state index in [9.17, 15) is 4.79 Å². The van der Waals surface area contributed by atoms with Gasteiger partial charge in [0.05, 0.1) is 0 Å². The number of carbonyl (C=O) groups excluding carboxylic acids is 1. The van der Waals surface area contributed by atoms with Gasteiger partial charge in [-0.05, 0) is 19.4 Å². The molecule has 0 saturated carbocycles. The molecule has 6 heteroatoms. The van der Waals surface area contributed by atoms with Gasteiger partial charge in [-0.3, -0.25) is 4.79 Å². The van der Waals surface area contributed by atoms with Gasteiger partial charge in [0.2, 0.25) is 11.9 Å². The summed E-state index contributed by atoms with van der Waals surface area (Å²) in [5.41, 5.74) is 1.07.